The minimum absolute atomic E-state index is 0.217. The third-order valence-electron chi connectivity index (χ3n) is 0.374. The zero-order valence-electron chi connectivity index (χ0n) is 4.31. The van der Waals surface area contributed by atoms with E-state index in [9.17, 15) is 0 Å². The van der Waals surface area contributed by atoms with Crippen LogP contribution in [0.2, 0.25) is 0 Å². The van der Waals surface area contributed by atoms with Crippen molar-refractivity contribution >= 4 is 5.96 Å². The average molecular weight is 118 g/mol. The maximum atomic E-state index is 6.58. The number of nitrogens with one attached hydrogen (secondary N) is 3. The van der Waals surface area contributed by atoms with E-state index in [4.69, 9.17) is 22.6 Å². The molecular formula is C2H10N6. The fraction of sp³-hybridized carbons (Fsp3) is 0.500. The normalized spacial score (nSPS) is 9.38. The summed E-state index contributed by atoms with van der Waals surface area (Å²) in [6, 6.07) is 0. The second kappa shape index (κ2) is 3.19. The predicted octanol–water partition coefficient (Wildman–Crippen LogP) is -2.82. The quantitative estimate of drug-likeness (QED) is 0.101. The van der Waals surface area contributed by atoms with E-state index >= 15 is 0 Å². The van der Waals surface area contributed by atoms with Crippen LogP contribution >= 0.6 is 0 Å². The first kappa shape index (κ1) is 7.15. The van der Waals surface area contributed by atoms with Gasteiger partial charge in [-0.05, 0) is 0 Å². The monoisotopic (exact) mass is 118 g/mol. The van der Waals surface area contributed by atoms with Crippen molar-refractivity contribution in [1.82, 2.24) is 10.9 Å². The molecule has 0 saturated heterocycles. The van der Waals surface area contributed by atoms with Crippen LogP contribution in [0.3, 0.4) is 0 Å². The summed E-state index contributed by atoms with van der Waals surface area (Å²) < 4.78 is 0. The maximum absolute atomic E-state index is 6.58. The molecular weight excluding hydrogens is 108 g/mol. The Labute approximate surface area is 46.9 Å². The Balaban J connectivity index is 3.05. The maximum Gasteiger partial charge on any atom is 0.200 e. The van der Waals surface area contributed by atoms with E-state index in [-0.39, 0.29) is 5.96 Å². The van der Waals surface area contributed by atoms with E-state index in [0.717, 1.165) is 0 Å². The van der Waals surface area contributed by atoms with Gasteiger partial charge in [0, 0.05) is 0 Å². The van der Waals surface area contributed by atoms with Crippen LogP contribution in [0.4, 0.5) is 0 Å². The third kappa shape index (κ3) is 5.15. The molecule has 6 nitrogen and oxygen atoms in total. The van der Waals surface area contributed by atoms with E-state index in [0.29, 0.717) is 0 Å². The molecule has 0 amide bonds. The summed E-state index contributed by atoms with van der Waals surface area (Å²) in [5.41, 5.74) is 19.3. The van der Waals surface area contributed by atoms with Crippen molar-refractivity contribution in [3.8, 4) is 0 Å². The van der Waals surface area contributed by atoms with Crippen molar-refractivity contribution in [3.05, 3.63) is 0 Å². The first-order valence-corrected chi connectivity index (χ1v) is 1.99. The molecule has 0 atom stereocenters. The van der Waals surface area contributed by atoms with Crippen molar-refractivity contribution in [1.29, 1.82) is 5.41 Å². The van der Waals surface area contributed by atoms with Gasteiger partial charge in [-0.15, -0.1) is 0 Å². The standard InChI is InChI=1S/C2H10N6/c3-1(4)7-8-2(5)6/h1,7H,3-4H2,(H4,5,6,8). The lowest BCUT2D eigenvalue weighted by molar-refractivity contribution is 0.515. The molecule has 0 aromatic carbocycles. The van der Waals surface area contributed by atoms with Crippen LogP contribution < -0.4 is 28.1 Å². The van der Waals surface area contributed by atoms with Gasteiger partial charge in [0.1, 0.15) is 6.29 Å². The highest BCUT2D eigenvalue weighted by Crippen LogP contribution is 1.44. The molecule has 0 spiro atoms. The summed E-state index contributed by atoms with van der Waals surface area (Å²) in [6.45, 7) is 0. The molecule has 0 aliphatic carbocycles. The molecule has 0 aromatic heterocycles. The van der Waals surface area contributed by atoms with Gasteiger partial charge in [-0.25, -0.2) is 5.43 Å². The van der Waals surface area contributed by atoms with Crippen molar-refractivity contribution < 1.29 is 0 Å². The van der Waals surface area contributed by atoms with E-state index in [1.807, 2.05) is 0 Å². The third-order valence-corrected chi connectivity index (χ3v) is 0.374. The lowest BCUT2D eigenvalue weighted by Crippen LogP contribution is -2.55. The largest absolute Gasteiger partial charge is 0.369 e. The van der Waals surface area contributed by atoms with Crippen LogP contribution in [-0.2, 0) is 0 Å². The second-order valence-corrected chi connectivity index (χ2v) is 1.21. The number of rotatable bonds is 2. The molecule has 0 aromatic rings. The van der Waals surface area contributed by atoms with E-state index in [1.54, 1.807) is 0 Å². The van der Waals surface area contributed by atoms with Crippen LogP contribution in [0.5, 0.6) is 0 Å². The molecule has 0 heterocycles. The molecule has 0 saturated carbocycles. The van der Waals surface area contributed by atoms with Gasteiger partial charge in [0.25, 0.3) is 0 Å². The van der Waals surface area contributed by atoms with E-state index < -0.39 is 6.29 Å². The van der Waals surface area contributed by atoms with E-state index in [2.05, 4.69) is 10.9 Å². The summed E-state index contributed by atoms with van der Waals surface area (Å²) >= 11 is 0. The molecule has 0 bridgehead atoms. The zero-order valence-corrected chi connectivity index (χ0v) is 4.31. The Hall–Kier alpha value is -0.850. The number of hydrogen-bond donors (Lipinski definition) is 6. The zero-order chi connectivity index (χ0) is 6.57. The van der Waals surface area contributed by atoms with E-state index in [1.165, 1.54) is 0 Å². The molecule has 8 heavy (non-hydrogen) atoms. The Morgan fingerprint density at radius 2 is 2.00 bits per heavy atom. The van der Waals surface area contributed by atoms with Gasteiger partial charge in [0.15, 0.2) is 5.96 Å². The molecule has 6 heteroatoms. The number of hydrogen-bond acceptors (Lipinski definition) is 4. The topological polar surface area (TPSA) is 126 Å². The van der Waals surface area contributed by atoms with Gasteiger partial charge in [-0.3, -0.25) is 10.8 Å². The van der Waals surface area contributed by atoms with Gasteiger partial charge in [-0.2, -0.15) is 0 Å². The fourth-order valence-electron chi connectivity index (χ4n) is 0.161. The van der Waals surface area contributed by atoms with Crippen molar-refractivity contribution in [2.24, 2.45) is 17.2 Å². The highest BCUT2D eigenvalue weighted by molar-refractivity contribution is 5.73. The molecule has 0 aliphatic heterocycles. The number of guanidine groups is 1. The highest BCUT2D eigenvalue weighted by atomic mass is 15.5. The van der Waals surface area contributed by atoms with Gasteiger partial charge >= 0.3 is 0 Å². The summed E-state index contributed by atoms with van der Waals surface area (Å²) in [4.78, 5) is 0. The smallest absolute Gasteiger partial charge is 0.200 e. The lowest BCUT2D eigenvalue weighted by Gasteiger charge is -2.07. The first-order valence-electron chi connectivity index (χ1n) is 1.99. The minimum Gasteiger partial charge on any atom is -0.369 e. The van der Waals surface area contributed by atoms with Gasteiger partial charge in [0.05, 0.1) is 0 Å². The first-order chi connectivity index (χ1) is 3.63. The molecule has 9 N–H and O–H groups in total. The lowest BCUT2D eigenvalue weighted by atomic mass is 10.9. The van der Waals surface area contributed by atoms with Crippen molar-refractivity contribution in [2.45, 2.75) is 6.29 Å². The molecule has 0 aliphatic rings. The fourth-order valence-corrected chi connectivity index (χ4v) is 0.161. The number of nitrogens with two attached hydrogens (primary N) is 3. The Bertz CT molecular complexity index is 76.6. The van der Waals surface area contributed by atoms with Gasteiger partial charge < -0.3 is 17.2 Å². The van der Waals surface area contributed by atoms with Crippen molar-refractivity contribution in [2.75, 3.05) is 0 Å². The molecule has 0 radical (unpaired) electrons. The second-order valence-electron chi connectivity index (χ2n) is 1.21. The summed E-state index contributed by atoms with van der Waals surface area (Å²) in [6.07, 6.45) is -0.695. The van der Waals surface area contributed by atoms with Gasteiger partial charge in [-0.1, -0.05) is 0 Å². The SMILES string of the molecule is N=C(N)NNC(N)N. The Morgan fingerprint density at radius 1 is 1.50 bits per heavy atom. The Kier molecular flexibility index (Phi) is 2.85. The summed E-state index contributed by atoms with van der Waals surface area (Å²) in [7, 11) is 0. The number of hydrazine groups is 1. The highest BCUT2D eigenvalue weighted by Gasteiger charge is 1.88. The van der Waals surface area contributed by atoms with Crippen LogP contribution in [-0.4, -0.2) is 12.2 Å². The van der Waals surface area contributed by atoms with Crippen LogP contribution in [0.25, 0.3) is 0 Å². The van der Waals surface area contributed by atoms with Crippen molar-refractivity contribution in [3.63, 3.8) is 0 Å². The average Bonchev–Trinajstić information content (AvgIpc) is 1.61. The predicted molar refractivity (Wildman–Crippen MR) is 30.3 cm³/mol. The van der Waals surface area contributed by atoms with Crippen LogP contribution in [0.1, 0.15) is 0 Å². The molecule has 0 rings (SSSR count). The summed E-state index contributed by atoms with van der Waals surface area (Å²) in [5.74, 6) is -0.217. The van der Waals surface area contributed by atoms with Gasteiger partial charge in [0.2, 0.25) is 0 Å². The minimum atomic E-state index is -0.695. The molecule has 0 fully saturated rings. The molecule has 0 unspecified atom stereocenters. The molecule has 48 valence electrons. The van der Waals surface area contributed by atoms with Crippen LogP contribution in [0, 0.1) is 5.41 Å². The summed E-state index contributed by atoms with van der Waals surface area (Å²) in [5, 5.41) is 6.58. The Morgan fingerprint density at radius 3 is 2.12 bits per heavy atom. The van der Waals surface area contributed by atoms with Crippen LogP contribution in [0.15, 0.2) is 0 Å².